The summed E-state index contributed by atoms with van der Waals surface area (Å²) in [5, 5.41) is 5.66. The molecule has 0 saturated carbocycles. The number of carbonyl (C=O) groups excluding carboxylic acids is 2. The first-order chi connectivity index (χ1) is 13.6. The number of benzene rings is 1. The molecule has 2 aromatic rings. The summed E-state index contributed by atoms with van der Waals surface area (Å²) in [6.07, 6.45) is 1.89. The molecule has 1 saturated heterocycles. The number of piperazine rings is 1. The number of nitrogens with zero attached hydrogens (tertiary/aromatic N) is 3. The highest BCUT2D eigenvalue weighted by Gasteiger charge is 2.32. The number of nitrogens with one attached hydrogen (secondary N) is 1. The van der Waals surface area contributed by atoms with Crippen LogP contribution in [0.5, 0.6) is 5.75 Å². The predicted octanol–water partition coefficient (Wildman–Crippen LogP) is 1.89. The van der Waals surface area contributed by atoms with Gasteiger partial charge in [0.1, 0.15) is 10.8 Å². The zero-order valence-corrected chi connectivity index (χ0v) is 17.1. The number of thiazole rings is 1. The van der Waals surface area contributed by atoms with E-state index in [4.69, 9.17) is 4.74 Å². The molecule has 0 aliphatic carbocycles. The molecule has 28 heavy (non-hydrogen) atoms. The van der Waals surface area contributed by atoms with Gasteiger partial charge in [0.15, 0.2) is 0 Å². The van der Waals surface area contributed by atoms with Crippen molar-refractivity contribution in [3.8, 4) is 5.75 Å². The summed E-state index contributed by atoms with van der Waals surface area (Å²) in [5.41, 5.74) is 1.09. The van der Waals surface area contributed by atoms with Gasteiger partial charge in [0, 0.05) is 38.3 Å². The van der Waals surface area contributed by atoms with Crippen molar-refractivity contribution >= 4 is 23.2 Å². The maximum Gasteiger partial charge on any atom is 0.237 e. The maximum absolute atomic E-state index is 12.7. The van der Waals surface area contributed by atoms with Crippen molar-refractivity contribution in [3.05, 3.63) is 46.4 Å². The molecular weight excluding hydrogens is 376 g/mol. The zero-order valence-electron chi connectivity index (χ0n) is 16.3. The second kappa shape index (κ2) is 9.66. The third kappa shape index (κ3) is 5.30. The second-order valence-electron chi connectivity index (χ2n) is 6.73. The first-order valence-electron chi connectivity index (χ1n) is 9.42. The van der Waals surface area contributed by atoms with Crippen LogP contribution in [0.25, 0.3) is 0 Å². The molecule has 1 aliphatic rings. The lowest BCUT2D eigenvalue weighted by Gasteiger charge is -2.35. The van der Waals surface area contributed by atoms with Gasteiger partial charge < -0.3 is 15.0 Å². The van der Waals surface area contributed by atoms with Gasteiger partial charge in [-0.1, -0.05) is 12.1 Å². The minimum absolute atomic E-state index is 0.0612. The molecule has 8 heteroatoms. The Morgan fingerprint density at radius 1 is 1.39 bits per heavy atom. The van der Waals surface area contributed by atoms with Crippen molar-refractivity contribution < 1.29 is 14.3 Å². The fraction of sp³-hybridized carbons (Fsp3) is 0.450. The van der Waals surface area contributed by atoms with E-state index >= 15 is 0 Å². The van der Waals surface area contributed by atoms with Gasteiger partial charge in [0.25, 0.3) is 0 Å². The van der Waals surface area contributed by atoms with Crippen LogP contribution in [-0.2, 0) is 22.7 Å². The Labute approximate surface area is 169 Å². The summed E-state index contributed by atoms with van der Waals surface area (Å²) in [5.74, 6) is 0.681. The van der Waals surface area contributed by atoms with Crippen molar-refractivity contribution in [1.82, 2.24) is 20.1 Å². The Bertz CT molecular complexity index is 779. The Hall–Kier alpha value is -2.45. The molecule has 1 N–H and O–H groups in total. The minimum atomic E-state index is -0.466. The molecule has 1 atom stereocenters. The van der Waals surface area contributed by atoms with Gasteiger partial charge in [-0.3, -0.25) is 14.5 Å². The molecule has 7 nitrogen and oxygen atoms in total. The Morgan fingerprint density at radius 3 is 2.86 bits per heavy atom. The smallest absolute Gasteiger partial charge is 0.237 e. The average molecular weight is 403 g/mol. The van der Waals surface area contributed by atoms with E-state index in [2.05, 4.69) is 15.2 Å². The highest BCUT2D eigenvalue weighted by atomic mass is 32.1. The van der Waals surface area contributed by atoms with Gasteiger partial charge in [-0.2, -0.15) is 0 Å². The summed E-state index contributed by atoms with van der Waals surface area (Å²) in [6.45, 7) is 4.97. The van der Waals surface area contributed by atoms with Crippen molar-refractivity contribution in [2.45, 2.75) is 32.5 Å². The highest BCUT2D eigenvalue weighted by molar-refractivity contribution is 7.09. The van der Waals surface area contributed by atoms with Crippen LogP contribution in [0.1, 0.15) is 23.9 Å². The van der Waals surface area contributed by atoms with E-state index in [1.165, 1.54) is 11.3 Å². The van der Waals surface area contributed by atoms with E-state index < -0.39 is 6.04 Å². The van der Waals surface area contributed by atoms with Gasteiger partial charge in [-0.05, 0) is 24.6 Å². The molecule has 2 heterocycles. The zero-order chi connectivity index (χ0) is 19.9. The molecular formula is C20H26N4O3S. The third-order valence-corrected chi connectivity index (χ3v) is 5.48. The number of hydrogen-bond donors (Lipinski definition) is 1. The molecule has 0 bridgehead atoms. The topological polar surface area (TPSA) is 74.8 Å². The lowest BCUT2D eigenvalue weighted by molar-refractivity contribution is -0.138. The van der Waals surface area contributed by atoms with Crippen molar-refractivity contribution in [3.63, 3.8) is 0 Å². The fourth-order valence-electron chi connectivity index (χ4n) is 3.21. The number of carbonyl (C=O) groups is 2. The van der Waals surface area contributed by atoms with Gasteiger partial charge in [-0.15, -0.1) is 11.3 Å². The molecule has 1 unspecified atom stereocenters. The highest BCUT2D eigenvalue weighted by Crippen LogP contribution is 2.18. The molecule has 0 radical (unpaired) electrons. The predicted molar refractivity (Wildman–Crippen MR) is 108 cm³/mol. The molecule has 1 aromatic carbocycles. The first-order valence-corrected chi connectivity index (χ1v) is 10.3. The van der Waals surface area contributed by atoms with Crippen molar-refractivity contribution in [2.75, 3.05) is 26.7 Å². The molecule has 0 spiro atoms. The van der Waals surface area contributed by atoms with Crippen LogP contribution >= 0.6 is 11.3 Å². The van der Waals surface area contributed by atoms with Gasteiger partial charge in [-0.25, -0.2) is 4.98 Å². The van der Waals surface area contributed by atoms with Crippen LogP contribution in [0.4, 0.5) is 0 Å². The van der Waals surface area contributed by atoms with Crippen LogP contribution in [0.15, 0.2) is 35.8 Å². The van der Waals surface area contributed by atoms with Crippen LogP contribution in [0.2, 0.25) is 0 Å². The largest absolute Gasteiger partial charge is 0.494 e. The molecule has 3 rings (SSSR count). The lowest BCUT2D eigenvalue weighted by atomic mass is 10.1. The number of hydrogen-bond acceptors (Lipinski definition) is 6. The monoisotopic (exact) mass is 402 g/mol. The average Bonchev–Trinajstić information content (AvgIpc) is 3.19. The first kappa shape index (κ1) is 20.3. The molecule has 150 valence electrons. The van der Waals surface area contributed by atoms with E-state index in [1.54, 1.807) is 18.1 Å². The SMILES string of the molecule is CCOc1ccc(CN2CCNC(=O)C2CC(=O)N(C)Cc2nccs2)cc1. The lowest BCUT2D eigenvalue weighted by Crippen LogP contribution is -2.56. The fourth-order valence-corrected chi connectivity index (χ4v) is 3.88. The number of rotatable bonds is 8. The van der Waals surface area contributed by atoms with Gasteiger partial charge in [0.05, 0.1) is 25.6 Å². The van der Waals surface area contributed by atoms with E-state index in [9.17, 15) is 9.59 Å². The number of amides is 2. The second-order valence-corrected chi connectivity index (χ2v) is 7.71. The van der Waals surface area contributed by atoms with E-state index in [1.807, 2.05) is 36.6 Å². The molecule has 2 amide bonds. The van der Waals surface area contributed by atoms with E-state index in [0.717, 1.165) is 16.3 Å². The Balaban J connectivity index is 1.63. The van der Waals surface area contributed by atoms with Crippen LogP contribution in [-0.4, -0.2) is 59.4 Å². The minimum Gasteiger partial charge on any atom is -0.494 e. The third-order valence-electron chi connectivity index (χ3n) is 4.71. The Morgan fingerprint density at radius 2 is 2.18 bits per heavy atom. The normalized spacial score (nSPS) is 17.2. The Kier molecular flexibility index (Phi) is 7.00. The van der Waals surface area contributed by atoms with Crippen molar-refractivity contribution in [1.29, 1.82) is 0 Å². The summed E-state index contributed by atoms with van der Waals surface area (Å²) in [7, 11) is 1.75. The summed E-state index contributed by atoms with van der Waals surface area (Å²) in [4.78, 5) is 33.1. The summed E-state index contributed by atoms with van der Waals surface area (Å²) < 4.78 is 5.48. The van der Waals surface area contributed by atoms with Crippen LogP contribution in [0.3, 0.4) is 0 Å². The standard InChI is InChI=1S/C20H26N4O3S/c1-3-27-16-6-4-15(5-7-16)13-24-10-8-22-20(26)17(24)12-19(25)23(2)14-18-21-9-11-28-18/h4-7,9,11,17H,3,8,10,12-14H2,1-2H3,(H,22,26). The molecule has 1 aromatic heterocycles. The van der Waals surface area contributed by atoms with Crippen LogP contribution in [0, 0.1) is 0 Å². The quantitative estimate of drug-likeness (QED) is 0.730. The van der Waals surface area contributed by atoms with E-state index in [0.29, 0.717) is 32.8 Å². The van der Waals surface area contributed by atoms with E-state index in [-0.39, 0.29) is 18.2 Å². The van der Waals surface area contributed by atoms with Gasteiger partial charge >= 0.3 is 0 Å². The summed E-state index contributed by atoms with van der Waals surface area (Å²) in [6, 6.07) is 7.41. The number of aromatic nitrogens is 1. The summed E-state index contributed by atoms with van der Waals surface area (Å²) >= 11 is 1.52. The number of ether oxygens (including phenoxy) is 1. The van der Waals surface area contributed by atoms with Crippen molar-refractivity contribution in [2.24, 2.45) is 0 Å². The maximum atomic E-state index is 12.7. The molecule has 1 fully saturated rings. The van der Waals surface area contributed by atoms with Crippen LogP contribution < -0.4 is 10.1 Å². The van der Waals surface area contributed by atoms with Gasteiger partial charge in [0.2, 0.25) is 11.8 Å². The molecule has 1 aliphatic heterocycles.